The van der Waals surface area contributed by atoms with Gasteiger partial charge in [0, 0.05) is 6.66 Å². The quantitative estimate of drug-likeness (QED) is 0.248. The molecule has 7 heavy (non-hydrogen) atoms. The lowest BCUT2D eigenvalue weighted by Crippen LogP contribution is -2.57. The van der Waals surface area contributed by atoms with Crippen molar-refractivity contribution in [1.29, 1.82) is 0 Å². The molecule has 0 rings (SSSR count). The minimum Gasteiger partial charge on any atom is -0.224 e. The van der Waals surface area contributed by atoms with Crippen molar-refractivity contribution < 1.29 is 4.47 Å². The van der Waals surface area contributed by atoms with Crippen LogP contribution < -0.4 is 17.2 Å². The van der Waals surface area contributed by atoms with E-state index in [2.05, 4.69) is 5.53 Å². The average molecular weight is 123 g/mol. The molecule has 0 aliphatic rings. The number of rotatable bonds is 2. The lowest BCUT2D eigenvalue weighted by atomic mass is 11.4. The van der Waals surface area contributed by atoms with Gasteiger partial charge in [0.2, 0.25) is 0 Å². The van der Waals surface area contributed by atoms with Crippen LogP contribution in [0.4, 0.5) is 0 Å². The molecule has 44 valence electrons. The molecule has 0 aliphatic heterocycles. The number of hydrogen-bond acceptors (Lipinski definition) is 3. The predicted molar refractivity (Wildman–Crippen MR) is 31.9 cm³/mol. The van der Waals surface area contributed by atoms with Gasteiger partial charge in [0.05, 0.1) is 0 Å². The van der Waals surface area contributed by atoms with Gasteiger partial charge in [0.15, 0.2) is 0 Å². The fraction of sp³-hybridized carbons (Fsp3) is 1.00. The van der Waals surface area contributed by atoms with Crippen LogP contribution in [0.2, 0.25) is 0 Å². The van der Waals surface area contributed by atoms with Crippen LogP contribution in [-0.2, 0) is 0 Å². The third-order valence-electron chi connectivity index (χ3n) is 0.733. The van der Waals surface area contributed by atoms with Crippen LogP contribution in [0.15, 0.2) is 0 Å². The molecule has 0 saturated heterocycles. The van der Waals surface area contributed by atoms with Gasteiger partial charge in [-0.2, -0.15) is 10.3 Å². The Morgan fingerprint density at radius 2 is 2.14 bits per heavy atom. The highest BCUT2D eigenvalue weighted by Crippen LogP contribution is 2.09. The summed E-state index contributed by atoms with van der Waals surface area (Å²) >= 11 is 0. The zero-order valence-electron chi connectivity index (χ0n) is 4.60. The van der Waals surface area contributed by atoms with Crippen molar-refractivity contribution in [3.63, 3.8) is 0 Å². The Kier molecular flexibility index (Phi) is 2.64. The molecule has 5 N–H and O–H groups in total. The molecule has 0 bridgehead atoms. The zero-order valence-corrected chi connectivity index (χ0v) is 5.60. The van der Waals surface area contributed by atoms with Crippen molar-refractivity contribution in [2.24, 2.45) is 11.7 Å². The average Bonchev–Trinajstić information content (AvgIpc) is 1.68. The third-order valence-corrected chi connectivity index (χ3v) is 1.79. The van der Waals surface area contributed by atoms with Gasteiger partial charge in [-0.25, -0.2) is 5.84 Å². The first kappa shape index (κ1) is 7.27. The second-order valence-corrected chi connectivity index (χ2v) is 2.80. The Labute approximate surface area is 45.2 Å². The second kappa shape index (κ2) is 2.55. The zero-order chi connectivity index (χ0) is 5.91. The van der Waals surface area contributed by atoms with Crippen molar-refractivity contribution in [3.05, 3.63) is 0 Å². The summed E-state index contributed by atoms with van der Waals surface area (Å²) in [6, 6.07) is 0. The van der Waals surface area contributed by atoms with Crippen molar-refractivity contribution in [3.8, 4) is 0 Å². The van der Waals surface area contributed by atoms with E-state index in [9.17, 15) is 0 Å². The summed E-state index contributed by atoms with van der Waals surface area (Å²) in [6.07, 6.45) is 0. The summed E-state index contributed by atoms with van der Waals surface area (Å²) < 4.78 is 0.194. The predicted octanol–water partition coefficient (Wildman–Crippen LogP) is -1.09. The van der Waals surface area contributed by atoms with Gasteiger partial charge >= 0.3 is 0 Å². The van der Waals surface area contributed by atoms with E-state index in [0.717, 1.165) is 0 Å². The summed E-state index contributed by atoms with van der Waals surface area (Å²) in [5, 5.41) is 0. The SMILES string of the molecule is CP[N+](C)(N)NN. The van der Waals surface area contributed by atoms with Crippen molar-refractivity contribution >= 4 is 8.73 Å². The summed E-state index contributed by atoms with van der Waals surface area (Å²) in [6.45, 7) is 1.97. The van der Waals surface area contributed by atoms with Gasteiger partial charge < -0.3 is 0 Å². The summed E-state index contributed by atoms with van der Waals surface area (Å²) in [5.41, 5.74) is 2.42. The Balaban J connectivity index is 3.36. The van der Waals surface area contributed by atoms with Crippen LogP contribution >= 0.6 is 8.73 Å². The monoisotopic (exact) mass is 123 g/mol. The molecule has 0 spiro atoms. The lowest BCUT2D eigenvalue weighted by Gasteiger charge is -2.21. The fourth-order valence-corrected chi connectivity index (χ4v) is 0.194. The largest absolute Gasteiger partial charge is 0.224 e. The highest BCUT2D eigenvalue weighted by Gasteiger charge is 2.08. The van der Waals surface area contributed by atoms with E-state index >= 15 is 0 Å². The maximum atomic E-state index is 5.43. The fourth-order valence-electron chi connectivity index (χ4n) is 0.0645. The summed E-state index contributed by atoms with van der Waals surface area (Å²) in [5.74, 6) is 10.4. The Morgan fingerprint density at radius 3 is 2.14 bits per heavy atom. The summed E-state index contributed by atoms with van der Waals surface area (Å²) in [4.78, 5) is 0. The Bertz CT molecular complexity index is 47.7. The van der Waals surface area contributed by atoms with Gasteiger partial charge in [-0.3, -0.25) is 0 Å². The molecule has 0 radical (unpaired) electrons. The molecule has 4 nitrogen and oxygen atoms in total. The normalized spacial score (nSPS) is 20.6. The summed E-state index contributed by atoms with van der Waals surface area (Å²) in [7, 11) is 2.35. The van der Waals surface area contributed by atoms with Gasteiger partial charge in [-0.1, -0.05) is 5.53 Å². The number of nitrogens with two attached hydrogens (primary N) is 2. The van der Waals surface area contributed by atoms with Crippen LogP contribution in [0.1, 0.15) is 0 Å². The van der Waals surface area contributed by atoms with E-state index in [1.807, 2.05) is 6.66 Å². The van der Waals surface area contributed by atoms with Gasteiger partial charge in [-0.15, -0.1) is 0 Å². The molecule has 0 amide bonds. The molecule has 2 unspecified atom stereocenters. The van der Waals surface area contributed by atoms with E-state index < -0.39 is 0 Å². The molecule has 0 aliphatic carbocycles. The minimum absolute atomic E-state index is 0.194. The van der Waals surface area contributed by atoms with Crippen LogP contribution in [0.25, 0.3) is 0 Å². The Hall–Kier alpha value is 0.270. The second-order valence-electron chi connectivity index (χ2n) is 1.43. The standard InChI is InChI=1S/C2H12N4P/c1-6(4,5-3)7-2/h5,7H,3-4H2,1-2H3/q+1. The Morgan fingerprint density at radius 1 is 1.71 bits per heavy atom. The molecule has 5 heteroatoms. The number of nitrogens with one attached hydrogen (secondary N) is 1. The van der Waals surface area contributed by atoms with E-state index in [1.165, 1.54) is 0 Å². The first-order chi connectivity index (χ1) is 3.12. The lowest BCUT2D eigenvalue weighted by molar-refractivity contribution is -0.843. The first-order valence-corrected chi connectivity index (χ1v) is 3.39. The maximum Gasteiger partial charge on any atom is 0.127 e. The molecule has 0 aromatic carbocycles. The molecule has 0 aromatic rings. The van der Waals surface area contributed by atoms with Crippen LogP contribution in [0, 0.1) is 0 Å². The molecular weight excluding hydrogens is 111 g/mol. The van der Waals surface area contributed by atoms with Gasteiger partial charge in [-0.05, 0) is 0 Å². The molecule has 0 fully saturated rings. The molecule has 0 heterocycles. The van der Waals surface area contributed by atoms with Crippen molar-refractivity contribution in [2.45, 2.75) is 0 Å². The van der Waals surface area contributed by atoms with E-state index in [-0.39, 0.29) is 4.47 Å². The van der Waals surface area contributed by atoms with E-state index in [0.29, 0.717) is 8.73 Å². The number of quaternary nitrogens is 1. The highest BCUT2D eigenvalue weighted by atomic mass is 31.1. The third kappa shape index (κ3) is 2.91. The highest BCUT2D eigenvalue weighted by molar-refractivity contribution is 7.30. The molecule has 0 aromatic heterocycles. The van der Waals surface area contributed by atoms with E-state index in [1.54, 1.807) is 7.05 Å². The van der Waals surface area contributed by atoms with Crippen molar-refractivity contribution in [1.82, 2.24) is 5.53 Å². The topological polar surface area (TPSA) is 64.1 Å². The van der Waals surface area contributed by atoms with Crippen molar-refractivity contribution in [2.75, 3.05) is 13.7 Å². The number of hydrazine groups is 1. The van der Waals surface area contributed by atoms with Crippen LogP contribution in [-0.4, -0.2) is 18.2 Å². The van der Waals surface area contributed by atoms with E-state index in [4.69, 9.17) is 11.7 Å². The minimum atomic E-state index is 0.194. The van der Waals surface area contributed by atoms with Crippen LogP contribution in [0.5, 0.6) is 0 Å². The molecular formula is C2H12N4P+. The molecule has 2 atom stereocenters. The number of hydrogen-bond donors (Lipinski definition) is 3. The maximum absolute atomic E-state index is 5.43. The first-order valence-electron chi connectivity index (χ1n) is 1.94. The number of nitrogens with zero attached hydrogens (tertiary/aromatic N) is 1. The van der Waals surface area contributed by atoms with Crippen LogP contribution in [0.3, 0.4) is 0 Å². The van der Waals surface area contributed by atoms with Gasteiger partial charge in [0.25, 0.3) is 0 Å². The van der Waals surface area contributed by atoms with Gasteiger partial charge in [0.1, 0.15) is 15.8 Å². The smallest absolute Gasteiger partial charge is 0.127 e. The molecule has 0 saturated carbocycles.